The molecular weight excluding hydrogens is 368 g/mol. The van der Waals surface area contributed by atoms with Crippen LogP contribution in [0.3, 0.4) is 0 Å². The molecule has 1 saturated carbocycles. The first-order chi connectivity index (χ1) is 13.5. The summed E-state index contributed by atoms with van der Waals surface area (Å²) in [4.78, 5) is 0. The van der Waals surface area contributed by atoms with Gasteiger partial charge in [-0.2, -0.15) is 13.2 Å². The summed E-state index contributed by atoms with van der Waals surface area (Å²) in [6, 6.07) is 8.93. The lowest BCUT2D eigenvalue weighted by atomic mass is 9.82. The van der Waals surface area contributed by atoms with Crippen LogP contribution in [0.4, 0.5) is 17.6 Å². The highest BCUT2D eigenvalue weighted by atomic mass is 19.3. The molecule has 0 amide bonds. The van der Waals surface area contributed by atoms with Crippen molar-refractivity contribution in [3.63, 3.8) is 0 Å². The van der Waals surface area contributed by atoms with Crippen LogP contribution >= 0.6 is 0 Å². The fraction of sp³-hybridized carbons (Fsp3) is 0.391. The van der Waals surface area contributed by atoms with E-state index in [1.54, 1.807) is 18.2 Å². The molecule has 1 fully saturated rings. The van der Waals surface area contributed by atoms with Gasteiger partial charge < -0.3 is 4.74 Å². The van der Waals surface area contributed by atoms with Crippen molar-refractivity contribution in [2.45, 2.75) is 57.8 Å². The number of halogens is 4. The molecule has 0 radical (unpaired) electrons. The van der Waals surface area contributed by atoms with Crippen molar-refractivity contribution in [2.75, 3.05) is 0 Å². The second-order valence-corrected chi connectivity index (χ2v) is 7.28. The Bertz CT molecular complexity index is 833. The van der Waals surface area contributed by atoms with E-state index in [4.69, 9.17) is 4.74 Å². The van der Waals surface area contributed by atoms with Gasteiger partial charge in [-0.05, 0) is 42.4 Å². The van der Waals surface area contributed by atoms with E-state index in [-0.39, 0.29) is 17.7 Å². The molecule has 28 heavy (non-hydrogen) atoms. The summed E-state index contributed by atoms with van der Waals surface area (Å²) in [7, 11) is 0. The average Bonchev–Trinajstić information content (AvgIpc) is 2.70. The molecule has 1 aliphatic carbocycles. The van der Waals surface area contributed by atoms with Gasteiger partial charge >= 0.3 is 6.08 Å². The monoisotopic (exact) mass is 392 g/mol. The molecule has 1 aliphatic rings. The van der Waals surface area contributed by atoms with Crippen LogP contribution in [0.2, 0.25) is 0 Å². The first kappa shape index (κ1) is 20.4. The number of rotatable bonds is 6. The number of hydrogen-bond donors (Lipinski definition) is 0. The van der Waals surface area contributed by atoms with Crippen molar-refractivity contribution < 1.29 is 22.3 Å². The van der Waals surface area contributed by atoms with Gasteiger partial charge in [-0.1, -0.05) is 56.9 Å². The Balaban J connectivity index is 2.07. The van der Waals surface area contributed by atoms with E-state index in [0.29, 0.717) is 11.1 Å². The minimum Gasteiger partial charge on any atom is -0.456 e. The zero-order valence-electron chi connectivity index (χ0n) is 15.9. The van der Waals surface area contributed by atoms with E-state index in [1.807, 2.05) is 12.1 Å². The predicted octanol–water partition coefficient (Wildman–Crippen LogP) is 7.75. The predicted molar refractivity (Wildman–Crippen MR) is 103 cm³/mol. The molecule has 0 heterocycles. The van der Waals surface area contributed by atoms with Gasteiger partial charge in [0.15, 0.2) is 17.8 Å². The lowest BCUT2D eigenvalue weighted by Gasteiger charge is -2.25. The maximum atomic E-state index is 14.8. The molecule has 0 atom stereocenters. The SMILES string of the molecule is CCCc1ccc(-c2cc(C3CCCCC3)c(OC=C(F)F)c(F)c2F)cc1. The van der Waals surface area contributed by atoms with Gasteiger partial charge in [-0.3, -0.25) is 0 Å². The highest BCUT2D eigenvalue weighted by Crippen LogP contribution is 2.42. The lowest BCUT2D eigenvalue weighted by molar-refractivity contribution is 0.342. The molecule has 2 aromatic rings. The van der Waals surface area contributed by atoms with E-state index < -0.39 is 23.5 Å². The molecule has 3 rings (SSSR count). The van der Waals surface area contributed by atoms with Crippen LogP contribution in [-0.2, 0) is 6.42 Å². The van der Waals surface area contributed by atoms with Crippen molar-refractivity contribution in [1.82, 2.24) is 0 Å². The van der Waals surface area contributed by atoms with E-state index in [1.165, 1.54) is 0 Å². The molecule has 0 aliphatic heterocycles. The van der Waals surface area contributed by atoms with Crippen LogP contribution in [0.15, 0.2) is 42.7 Å². The smallest absolute Gasteiger partial charge is 0.305 e. The molecular formula is C23H24F4O. The maximum absolute atomic E-state index is 14.8. The normalized spacial score (nSPS) is 14.8. The summed E-state index contributed by atoms with van der Waals surface area (Å²) in [6.45, 7) is 2.08. The molecule has 0 bridgehead atoms. The molecule has 1 nitrogen and oxygen atoms in total. The van der Waals surface area contributed by atoms with Crippen molar-refractivity contribution in [3.05, 3.63) is 65.4 Å². The Hall–Kier alpha value is -2.30. The summed E-state index contributed by atoms with van der Waals surface area (Å²) >= 11 is 0. The molecule has 150 valence electrons. The molecule has 0 aromatic heterocycles. The number of hydrogen-bond acceptors (Lipinski definition) is 1. The van der Waals surface area contributed by atoms with E-state index in [2.05, 4.69) is 6.92 Å². The first-order valence-corrected chi connectivity index (χ1v) is 9.80. The molecule has 2 aromatic carbocycles. The van der Waals surface area contributed by atoms with Crippen LogP contribution in [0.25, 0.3) is 11.1 Å². The number of benzene rings is 2. The second kappa shape index (κ2) is 9.26. The van der Waals surface area contributed by atoms with E-state index >= 15 is 0 Å². The Labute approximate surface area is 163 Å². The van der Waals surface area contributed by atoms with Gasteiger partial charge in [-0.15, -0.1) is 0 Å². The maximum Gasteiger partial charge on any atom is 0.305 e. The summed E-state index contributed by atoms with van der Waals surface area (Å²) in [5.74, 6) is -2.75. The first-order valence-electron chi connectivity index (χ1n) is 9.80. The van der Waals surface area contributed by atoms with Gasteiger partial charge in [0.1, 0.15) is 0 Å². The Morgan fingerprint density at radius 2 is 1.71 bits per heavy atom. The third kappa shape index (κ3) is 4.57. The topological polar surface area (TPSA) is 9.23 Å². The lowest BCUT2D eigenvalue weighted by Crippen LogP contribution is -2.09. The number of ether oxygens (including phenoxy) is 1. The van der Waals surface area contributed by atoms with Crippen LogP contribution in [0.5, 0.6) is 5.75 Å². The van der Waals surface area contributed by atoms with E-state index in [0.717, 1.165) is 50.5 Å². The van der Waals surface area contributed by atoms with Crippen LogP contribution < -0.4 is 4.74 Å². The highest BCUT2D eigenvalue weighted by Gasteiger charge is 2.26. The van der Waals surface area contributed by atoms with Crippen molar-refractivity contribution >= 4 is 0 Å². The largest absolute Gasteiger partial charge is 0.456 e. The van der Waals surface area contributed by atoms with Crippen molar-refractivity contribution in [1.29, 1.82) is 0 Å². The van der Waals surface area contributed by atoms with Crippen LogP contribution in [0.1, 0.15) is 62.5 Å². The molecule has 0 saturated heterocycles. The molecule has 0 spiro atoms. The Morgan fingerprint density at radius 1 is 1.04 bits per heavy atom. The van der Waals surface area contributed by atoms with Crippen molar-refractivity contribution in [3.8, 4) is 16.9 Å². The van der Waals surface area contributed by atoms with Gasteiger partial charge in [-0.25, -0.2) is 4.39 Å². The summed E-state index contributed by atoms with van der Waals surface area (Å²) in [5, 5.41) is 0. The fourth-order valence-electron chi connectivity index (χ4n) is 3.92. The van der Waals surface area contributed by atoms with Gasteiger partial charge in [0.2, 0.25) is 5.82 Å². The minimum absolute atomic E-state index is 0.0342. The average molecular weight is 392 g/mol. The van der Waals surface area contributed by atoms with Gasteiger partial charge in [0.05, 0.1) is 0 Å². The second-order valence-electron chi connectivity index (χ2n) is 7.28. The minimum atomic E-state index is -2.09. The highest BCUT2D eigenvalue weighted by molar-refractivity contribution is 5.67. The van der Waals surface area contributed by atoms with Crippen LogP contribution in [-0.4, -0.2) is 0 Å². The fourth-order valence-corrected chi connectivity index (χ4v) is 3.92. The summed E-state index contributed by atoms with van der Waals surface area (Å²) in [5.41, 5.74) is 2.29. The zero-order valence-corrected chi connectivity index (χ0v) is 15.9. The summed E-state index contributed by atoms with van der Waals surface area (Å²) < 4.78 is 59.5. The quantitative estimate of drug-likeness (QED) is 0.361. The zero-order chi connectivity index (χ0) is 20.1. The molecule has 0 unspecified atom stereocenters. The Morgan fingerprint density at radius 3 is 2.32 bits per heavy atom. The van der Waals surface area contributed by atoms with Gasteiger partial charge in [0, 0.05) is 11.1 Å². The third-order valence-electron chi connectivity index (χ3n) is 5.31. The van der Waals surface area contributed by atoms with E-state index in [9.17, 15) is 17.6 Å². The van der Waals surface area contributed by atoms with Gasteiger partial charge in [0.25, 0.3) is 0 Å². The molecule has 0 N–H and O–H groups in total. The Kier molecular flexibility index (Phi) is 6.76. The van der Waals surface area contributed by atoms with Crippen LogP contribution in [0, 0.1) is 11.6 Å². The number of aryl methyl sites for hydroxylation is 1. The standard InChI is InChI=1S/C23H24F4O/c1-2-6-15-9-11-17(12-10-15)18-13-19(16-7-4-3-5-8-16)23(22(27)21(18)26)28-14-20(24)25/h9-14,16H,2-8H2,1H3. The third-order valence-corrected chi connectivity index (χ3v) is 5.31. The summed E-state index contributed by atoms with van der Waals surface area (Å²) in [6.07, 6.45) is 4.62. The molecule has 5 heteroatoms. The van der Waals surface area contributed by atoms with Crippen molar-refractivity contribution in [2.24, 2.45) is 0 Å².